The molecule has 0 aliphatic heterocycles. The third kappa shape index (κ3) is 6.18. The van der Waals surface area contributed by atoms with E-state index >= 15 is 0 Å². The van der Waals surface area contributed by atoms with Crippen molar-refractivity contribution < 1.29 is 0 Å². The van der Waals surface area contributed by atoms with Crippen molar-refractivity contribution in [1.82, 2.24) is 0 Å². The molecule has 0 amide bonds. The Morgan fingerprint density at radius 1 is 1.00 bits per heavy atom. The van der Waals surface area contributed by atoms with Crippen molar-refractivity contribution in [3.8, 4) is 0 Å². The number of anilines is 1. The van der Waals surface area contributed by atoms with E-state index < -0.39 is 0 Å². The van der Waals surface area contributed by atoms with Crippen LogP contribution in [0.4, 0.5) is 5.69 Å². The minimum absolute atomic E-state index is 0.800. The zero-order chi connectivity index (χ0) is 14.1. The van der Waals surface area contributed by atoms with Crippen LogP contribution in [0.25, 0.3) is 0 Å². The summed E-state index contributed by atoms with van der Waals surface area (Å²) in [6, 6.07) is 6.28. The number of unbranched alkanes of at least 4 members (excludes halogenated alkanes) is 4. The Balaban J connectivity index is 2.66. The Labute approximate surface area is 131 Å². The topological polar surface area (TPSA) is 3.24 Å². The zero-order valence-corrected chi connectivity index (χ0v) is 14.4. The SMILES string of the molecule is CCCCCN(CCCCC)c1ccc(Br)c(Cl)c1. The summed E-state index contributed by atoms with van der Waals surface area (Å²) in [6.45, 7) is 6.76. The molecule has 0 spiro atoms. The number of nitrogens with zero attached hydrogens (tertiary/aromatic N) is 1. The number of hydrogen-bond acceptors (Lipinski definition) is 1. The van der Waals surface area contributed by atoms with E-state index in [0.29, 0.717) is 0 Å². The monoisotopic (exact) mass is 345 g/mol. The average Bonchev–Trinajstić information content (AvgIpc) is 2.41. The van der Waals surface area contributed by atoms with Crippen LogP contribution < -0.4 is 4.90 Å². The van der Waals surface area contributed by atoms with Crippen molar-refractivity contribution in [3.05, 3.63) is 27.7 Å². The first-order chi connectivity index (χ1) is 9.19. The highest BCUT2D eigenvalue weighted by atomic mass is 79.9. The van der Waals surface area contributed by atoms with Crippen LogP contribution in [0.2, 0.25) is 5.02 Å². The fraction of sp³-hybridized carbons (Fsp3) is 0.625. The summed E-state index contributed by atoms with van der Waals surface area (Å²) < 4.78 is 0.972. The van der Waals surface area contributed by atoms with E-state index in [2.05, 4.69) is 46.8 Å². The minimum atomic E-state index is 0.800. The van der Waals surface area contributed by atoms with Gasteiger partial charge in [0.25, 0.3) is 0 Å². The van der Waals surface area contributed by atoms with Crippen molar-refractivity contribution in [2.45, 2.75) is 52.4 Å². The fourth-order valence-corrected chi connectivity index (χ4v) is 2.58. The molecule has 1 aromatic rings. The summed E-state index contributed by atoms with van der Waals surface area (Å²) in [7, 11) is 0. The van der Waals surface area contributed by atoms with E-state index in [-0.39, 0.29) is 0 Å². The predicted molar refractivity (Wildman–Crippen MR) is 90.4 cm³/mol. The van der Waals surface area contributed by atoms with E-state index in [4.69, 9.17) is 11.6 Å². The summed E-state index contributed by atoms with van der Waals surface area (Å²) in [5.74, 6) is 0. The molecule has 0 fully saturated rings. The molecule has 1 aromatic carbocycles. The summed E-state index contributed by atoms with van der Waals surface area (Å²) in [4.78, 5) is 2.48. The van der Waals surface area contributed by atoms with Gasteiger partial charge >= 0.3 is 0 Å². The first-order valence-corrected chi connectivity index (χ1v) is 8.56. The van der Waals surface area contributed by atoms with Gasteiger partial charge in [0.15, 0.2) is 0 Å². The highest BCUT2D eigenvalue weighted by Crippen LogP contribution is 2.28. The Morgan fingerprint density at radius 2 is 1.58 bits per heavy atom. The van der Waals surface area contributed by atoms with Gasteiger partial charge in [0.1, 0.15) is 0 Å². The lowest BCUT2D eigenvalue weighted by Crippen LogP contribution is -2.25. The standard InChI is InChI=1S/C16H25BrClN/c1-3-5-7-11-19(12-8-6-4-2)14-9-10-15(17)16(18)13-14/h9-10,13H,3-8,11-12H2,1-2H3. The molecule has 108 valence electrons. The van der Waals surface area contributed by atoms with Crippen molar-refractivity contribution in [2.75, 3.05) is 18.0 Å². The Bertz CT molecular complexity index is 358. The van der Waals surface area contributed by atoms with Gasteiger partial charge in [-0.3, -0.25) is 0 Å². The highest BCUT2D eigenvalue weighted by Gasteiger charge is 2.08. The largest absolute Gasteiger partial charge is 0.371 e. The van der Waals surface area contributed by atoms with Gasteiger partial charge in [-0.15, -0.1) is 0 Å². The van der Waals surface area contributed by atoms with E-state index in [9.17, 15) is 0 Å². The Hall–Kier alpha value is -0.210. The van der Waals surface area contributed by atoms with Gasteiger partial charge in [-0.25, -0.2) is 0 Å². The van der Waals surface area contributed by atoms with Crippen molar-refractivity contribution in [2.24, 2.45) is 0 Å². The molecule has 1 nitrogen and oxygen atoms in total. The lowest BCUT2D eigenvalue weighted by atomic mass is 10.2. The van der Waals surface area contributed by atoms with Gasteiger partial charge in [-0.05, 0) is 47.0 Å². The summed E-state index contributed by atoms with van der Waals surface area (Å²) in [5.41, 5.74) is 1.25. The van der Waals surface area contributed by atoms with Crippen molar-refractivity contribution in [3.63, 3.8) is 0 Å². The van der Waals surface area contributed by atoms with Crippen LogP contribution in [0.1, 0.15) is 52.4 Å². The van der Waals surface area contributed by atoms with Gasteiger partial charge in [0.05, 0.1) is 5.02 Å². The smallest absolute Gasteiger partial charge is 0.0568 e. The highest BCUT2D eigenvalue weighted by molar-refractivity contribution is 9.10. The molecule has 0 aliphatic carbocycles. The molecule has 0 saturated carbocycles. The van der Waals surface area contributed by atoms with Crippen LogP contribution in [0.15, 0.2) is 22.7 Å². The second kappa shape index (κ2) is 9.66. The molecule has 3 heteroatoms. The normalized spacial score (nSPS) is 10.7. The van der Waals surface area contributed by atoms with Gasteiger partial charge in [-0.1, -0.05) is 51.1 Å². The number of halogens is 2. The molecular weight excluding hydrogens is 322 g/mol. The van der Waals surface area contributed by atoms with E-state index in [1.165, 1.54) is 44.2 Å². The van der Waals surface area contributed by atoms with E-state index in [0.717, 1.165) is 22.6 Å². The third-order valence-corrected chi connectivity index (χ3v) is 4.56. The number of rotatable bonds is 9. The first-order valence-electron chi connectivity index (χ1n) is 7.39. The molecule has 0 radical (unpaired) electrons. The summed E-state index contributed by atoms with van der Waals surface area (Å²) in [6.07, 6.45) is 7.66. The predicted octanol–water partition coefficient (Wildman–Crippen LogP) is 6.29. The molecule has 0 N–H and O–H groups in total. The zero-order valence-electron chi connectivity index (χ0n) is 12.1. The van der Waals surface area contributed by atoms with Crippen molar-refractivity contribution >= 4 is 33.2 Å². The summed E-state index contributed by atoms with van der Waals surface area (Å²) >= 11 is 9.66. The fourth-order valence-electron chi connectivity index (χ4n) is 2.16. The van der Waals surface area contributed by atoms with Crippen LogP contribution in [-0.2, 0) is 0 Å². The Morgan fingerprint density at radius 3 is 2.05 bits per heavy atom. The van der Waals surface area contributed by atoms with Crippen LogP contribution in [-0.4, -0.2) is 13.1 Å². The van der Waals surface area contributed by atoms with Crippen LogP contribution in [0.5, 0.6) is 0 Å². The molecule has 0 heterocycles. The van der Waals surface area contributed by atoms with Crippen LogP contribution in [0.3, 0.4) is 0 Å². The third-order valence-electron chi connectivity index (χ3n) is 3.33. The molecule has 0 saturated heterocycles. The first kappa shape index (κ1) is 16.8. The van der Waals surface area contributed by atoms with Gasteiger partial charge in [-0.2, -0.15) is 0 Å². The van der Waals surface area contributed by atoms with E-state index in [1.54, 1.807) is 0 Å². The van der Waals surface area contributed by atoms with Crippen LogP contribution in [0, 0.1) is 0 Å². The molecule has 0 unspecified atom stereocenters. The average molecular weight is 347 g/mol. The molecular formula is C16H25BrClN. The minimum Gasteiger partial charge on any atom is -0.371 e. The maximum atomic E-state index is 6.21. The van der Waals surface area contributed by atoms with Crippen LogP contribution >= 0.6 is 27.5 Å². The molecule has 0 aromatic heterocycles. The quantitative estimate of drug-likeness (QED) is 0.475. The Kier molecular flexibility index (Phi) is 8.56. The number of benzene rings is 1. The van der Waals surface area contributed by atoms with Gasteiger partial charge in [0.2, 0.25) is 0 Å². The van der Waals surface area contributed by atoms with E-state index in [1.807, 2.05) is 6.07 Å². The lowest BCUT2D eigenvalue weighted by Gasteiger charge is -2.25. The second-order valence-corrected chi connectivity index (χ2v) is 6.26. The molecule has 1 rings (SSSR count). The van der Waals surface area contributed by atoms with Gasteiger partial charge in [0, 0.05) is 23.2 Å². The number of hydrogen-bond donors (Lipinski definition) is 0. The second-order valence-electron chi connectivity index (χ2n) is 5.00. The molecule has 0 aliphatic rings. The molecule has 0 bridgehead atoms. The summed E-state index contributed by atoms with van der Waals surface area (Å²) in [5, 5.41) is 0.800. The van der Waals surface area contributed by atoms with Gasteiger partial charge < -0.3 is 4.90 Å². The molecule has 19 heavy (non-hydrogen) atoms. The lowest BCUT2D eigenvalue weighted by molar-refractivity contribution is 0.636. The van der Waals surface area contributed by atoms with Crippen molar-refractivity contribution in [1.29, 1.82) is 0 Å². The maximum absolute atomic E-state index is 6.21. The molecule has 0 atom stereocenters. The maximum Gasteiger partial charge on any atom is 0.0568 e.